The molecule has 3 rings (SSSR count). The van der Waals surface area contributed by atoms with E-state index in [1.54, 1.807) is 29.2 Å². The zero-order valence-corrected chi connectivity index (χ0v) is 14.7. The van der Waals surface area contributed by atoms with E-state index < -0.39 is 6.04 Å². The van der Waals surface area contributed by atoms with Gasteiger partial charge in [-0.3, -0.25) is 4.79 Å². The van der Waals surface area contributed by atoms with E-state index in [0.717, 1.165) is 17.7 Å². The molecule has 0 spiro atoms. The molecular formula is C19H20ClN3O2. The summed E-state index contributed by atoms with van der Waals surface area (Å²) in [6.45, 7) is 2.52. The number of carbonyl (C=O) groups excluding carboxylic acids is 2. The molecule has 0 aromatic heterocycles. The average Bonchev–Trinajstić information content (AvgIpc) is 3.04. The minimum Gasteiger partial charge on any atom is -0.324 e. The molecule has 2 aromatic carbocycles. The fraction of sp³-hybridized carbons (Fsp3) is 0.263. The minimum atomic E-state index is -0.473. The molecule has 1 saturated heterocycles. The summed E-state index contributed by atoms with van der Waals surface area (Å²) in [5.74, 6) is -0.163. The lowest BCUT2D eigenvalue weighted by Gasteiger charge is -2.24. The first kappa shape index (κ1) is 17.3. The number of halogens is 1. The summed E-state index contributed by atoms with van der Waals surface area (Å²) in [6, 6.07) is 13.8. The Morgan fingerprint density at radius 3 is 2.52 bits per heavy atom. The van der Waals surface area contributed by atoms with Crippen molar-refractivity contribution in [3.63, 3.8) is 0 Å². The molecule has 1 atom stereocenters. The predicted molar refractivity (Wildman–Crippen MR) is 100 cm³/mol. The third-order valence-corrected chi connectivity index (χ3v) is 4.41. The summed E-state index contributed by atoms with van der Waals surface area (Å²) in [5, 5.41) is 6.25. The molecule has 1 aliphatic heterocycles. The number of rotatable bonds is 3. The van der Waals surface area contributed by atoms with Crippen LogP contribution in [0, 0.1) is 6.92 Å². The summed E-state index contributed by atoms with van der Waals surface area (Å²) in [6.07, 6.45) is 1.45. The van der Waals surface area contributed by atoms with Gasteiger partial charge in [0.25, 0.3) is 0 Å². The van der Waals surface area contributed by atoms with Gasteiger partial charge in [0.15, 0.2) is 0 Å². The summed E-state index contributed by atoms with van der Waals surface area (Å²) in [4.78, 5) is 26.7. The van der Waals surface area contributed by atoms with Gasteiger partial charge in [0.05, 0.1) is 0 Å². The van der Waals surface area contributed by atoms with E-state index in [4.69, 9.17) is 11.6 Å². The number of benzene rings is 2. The normalized spacial score (nSPS) is 16.6. The largest absolute Gasteiger partial charge is 0.324 e. The van der Waals surface area contributed by atoms with Crippen molar-refractivity contribution in [3.05, 3.63) is 59.1 Å². The molecule has 0 bridgehead atoms. The predicted octanol–water partition coefficient (Wildman–Crippen LogP) is 4.28. The van der Waals surface area contributed by atoms with Gasteiger partial charge in [0, 0.05) is 22.9 Å². The molecule has 6 heteroatoms. The molecule has 1 fully saturated rings. The molecule has 25 heavy (non-hydrogen) atoms. The quantitative estimate of drug-likeness (QED) is 0.861. The van der Waals surface area contributed by atoms with Crippen LogP contribution in [0.4, 0.5) is 16.2 Å². The number of amides is 3. The lowest BCUT2D eigenvalue weighted by atomic mass is 10.2. The molecule has 0 saturated carbocycles. The number of anilines is 2. The maximum atomic E-state index is 12.6. The van der Waals surface area contributed by atoms with Gasteiger partial charge in [-0.1, -0.05) is 29.8 Å². The second kappa shape index (κ2) is 7.57. The third kappa shape index (κ3) is 4.31. The first-order valence-electron chi connectivity index (χ1n) is 8.23. The lowest BCUT2D eigenvalue weighted by molar-refractivity contribution is -0.119. The fourth-order valence-corrected chi connectivity index (χ4v) is 3.18. The number of aryl methyl sites for hydroxylation is 1. The van der Waals surface area contributed by atoms with Gasteiger partial charge < -0.3 is 15.5 Å². The zero-order valence-electron chi connectivity index (χ0n) is 14.0. The summed E-state index contributed by atoms with van der Waals surface area (Å²) >= 11 is 5.94. The van der Waals surface area contributed by atoms with Crippen molar-refractivity contribution in [2.75, 3.05) is 17.2 Å². The van der Waals surface area contributed by atoms with Crippen molar-refractivity contribution in [3.8, 4) is 0 Å². The Morgan fingerprint density at radius 1 is 1.08 bits per heavy atom. The molecule has 2 N–H and O–H groups in total. The van der Waals surface area contributed by atoms with Crippen LogP contribution in [0.25, 0.3) is 0 Å². The molecular weight excluding hydrogens is 338 g/mol. The molecule has 0 aliphatic carbocycles. The van der Waals surface area contributed by atoms with Crippen LogP contribution < -0.4 is 10.6 Å². The van der Waals surface area contributed by atoms with Crippen LogP contribution in [0.5, 0.6) is 0 Å². The Hall–Kier alpha value is -2.53. The van der Waals surface area contributed by atoms with Crippen LogP contribution in [0.1, 0.15) is 18.4 Å². The van der Waals surface area contributed by atoms with Gasteiger partial charge >= 0.3 is 6.03 Å². The van der Waals surface area contributed by atoms with E-state index in [0.29, 0.717) is 23.7 Å². The van der Waals surface area contributed by atoms with E-state index in [2.05, 4.69) is 10.6 Å². The summed E-state index contributed by atoms with van der Waals surface area (Å²) in [7, 11) is 0. The highest BCUT2D eigenvalue weighted by atomic mass is 35.5. The number of likely N-dealkylation sites (tertiary alicyclic amines) is 1. The Bertz CT molecular complexity index is 728. The van der Waals surface area contributed by atoms with E-state index in [1.165, 1.54) is 0 Å². The Kier molecular flexibility index (Phi) is 5.24. The number of urea groups is 1. The van der Waals surface area contributed by atoms with Crippen LogP contribution in [0.15, 0.2) is 48.5 Å². The second-order valence-electron chi connectivity index (χ2n) is 6.15. The fourth-order valence-electron chi connectivity index (χ4n) is 2.99. The van der Waals surface area contributed by atoms with E-state index >= 15 is 0 Å². The van der Waals surface area contributed by atoms with Gasteiger partial charge in [-0.25, -0.2) is 4.79 Å². The van der Waals surface area contributed by atoms with Crippen molar-refractivity contribution >= 4 is 34.9 Å². The van der Waals surface area contributed by atoms with Crippen molar-refractivity contribution < 1.29 is 9.59 Å². The maximum Gasteiger partial charge on any atom is 0.322 e. The summed E-state index contributed by atoms with van der Waals surface area (Å²) in [5.41, 5.74) is 2.43. The van der Waals surface area contributed by atoms with Gasteiger partial charge in [-0.2, -0.15) is 0 Å². The van der Waals surface area contributed by atoms with Crippen molar-refractivity contribution in [1.29, 1.82) is 0 Å². The Labute approximate surface area is 152 Å². The van der Waals surface area contributed by atoms with Crippen LogP contribution in [-0.2, 0) is 4.79 Å². The smallest absolute Gasteiger partial charge is 0.322 e. The minimum absolute atomic E-state index is 0.163. The monoisotopic (exact) mass is 357 g/mol. The van der Waals surface area contributed by atoms with E-state index in [9.17, 15) is 9.59 Å². The van der Waals surface area contributed by atoms with Crippen LogP contribution >= 0.6 is 11.6 Å². The Balaban J connectivity index is 1.67. The zero-order chi connectivity index (χ0) is 17.8. The van der Waals surface area contributed by atoms with Crippen molar-refractivity contribution in [2.24, 2.45) is 0 Å². The molecule has 130 valence electrons. The molecule has 5 nitrogen and oxygen atoms in total. The third-order valence-electron chi connectivity index (χ3n) is 4.18. The molecule has 1 aliphatic rings. The van der Waals surface area contributed by atoms with Gasteiger partial charge in [-0.15, -0.1) is 0 Å². The van der Waals surface area contributed by atoms with Gasteiger partial charge in [0.2, 0.25) is 5.91 Å². The highest BCUT2D eigenvalue weighted by molar-refractivity contribution is 6.30. The standard InChI is InChI=1S/C19H20ClN3O2/c1-13-5-2-7-15(11-13)21-18(24)17-9-4-10-23(17)19(25)22-16-8-3-6-14(20)12-16/h2-3,5-8,11-12,17H,4,9-10H2,1H3,(H,21,24)(H,22,25)/t17-/m0/s1. The Morgan fingerprint density at radius 2 is 1.80 bits per heavy atom. The lowest BCUT2D eigenvalue weighted by Crippen LogP contribution is -2.45. The van der Waals surface area contributed by atoms with Crippen molar-refractivity contribution in [1.82, 2.24) is 4.90 Å². The molecule has 1 heterocycles. The number of nitrogens with zero attached hydrogens (tertiary/aromatic N) is 1. The number of nitrogens with one attached hydrogen (secondary N) is 2. The van der Waals surface area contributed by atoms with Gasteiger partial charge in [-0.05, 0) is 55.7 Å². The summed E-state index contributed by atoms with van der Waals surface area (Å²) < 4.78 is 0. The highest BCUT2D eigenvalue weighted by Crippen LogP contribution is 2.22. The first-order valence-corrected chi connectivity index (χ1v) is 8.61. The number of hydrogen-bond donors (Lipinski definition) is 2. The van der Waals surface area contributed by atoms with E-state index in [-0.39, 0.29) is 11.9 Å². The molecule has 0 unspecified atom stereocenters. The van der Waals surface area contributed by atoms with Crippen LogP contribution in [0.3, 0.4) is 0 Å². The number of hydrogen-bond acceptors (Lipinski definition) is 2. The molecule has 3 amide bonds. The second-order valence-corrected chi connectivity index (χ2v) is 6.59. The average molecular weight is 358 g/mol. The SMILES string of the molecule is Cc1cccc(NC(=O)[C@@H]2CCCN2C(=O)Nc2cccc(Cl)c2)c1. The van der Waals surface area contributed by atoms with Crippen LogP contribution in [0.2, 0.25) is 5.02 Å². The number of carbonyl (C=O) groups is 2. The highest BCUT2D eigenvalue weighted by Gasteiger charge is 2.34. The van der Waals surface area contributed by atoms with Crippen LogP contribution in [-0.4, -0.2) is 29.4 Å². The molecule has 0 radical (unpaired) electrons. The molecule has 2 aromatic rings. The first-order chi connectivity index (χ1) is 12.0. The maximum absolute atomic E-state index is 12.6. The van der Waals surface area contributed by atoms with E-state index in [1.807, 2.05) is 31.2 Å². The van der Waals surface area contributed by atoms with Gasteiger partial charge in [0.1, 0.15) is 6.04 Å². The topological polar surface area (TPSA) is 61.4 Å². The van der Waals surface area contributed by atoms with Crippen molar-refractivity contribution in [2.45, 2.75) is 25.8 Å².